The lowest BCUT2D eigenvalue weighted by Crippen LogP contribution is -2.42. The highest BCUT2D eigenvalue weighted by atomic mass is 35.5. The topological polar surface area (TPSA) is 148 Å². The van der Waals surface area contributed by atoms with Gasteiger partial charge in [-0.3, -0.25) is 9.13 Å². The van der Waals surface area contributed by atoms with Crippen molar-refractivity contribution in [2.75, 3.05) is 11.6 Å². The van der Waals surface area contributed by atoms with Crippen LogP contribution in [0.2, 0.25) is 0 Å². The highest BCUT2D eigenvalue weighted by Crippen LogP contribution is 2.43. The summed E-state index contributed by atoms with van der Waals surface area (Å²) in [6, 6.07) is 1.23. The average molecular weight is 370 g/mol. The lowest BCUT2D eigenvalue weighted by Gasteiger charge is -2.26. The van der Waals surface area contributed by atoms with Crippen molar-refractivity contribution in [3.8, 4) is 0 Å². The number of aliphatic hydroxyl groups excluding tert-OH is 1. The van der Waals surface area contributed by atoms with Gasteiger partial charge in [-0.15, -0.1) is 11.6 Å². The predicted octanol–water partition coefficient (Wildman–Crippen LogP) is -0.278. The molecule has 0 radical (unpaired) electrons. The summed E-state index contributed by atoms with van der Waals surface area (Å²) in [5, 5.41) is 10.0. The summed E-state index contributed by atoms with van der Waals surface area (Å²) < 4.78 is 31.4. The van der Waals surface area contributed by atoms with E-state index < -0.39 is 43.3 Å². The number of hydrogen-bond donors (Lipinski definition) is 4. The molecule has 12 heteroatoms. The Morgan fingerprint density at radius 2 is 2.26 bits per heavy atom. The molecule has 2 rings (SSSR count). The van der Waals surface area contributed by atoms with Gasteiger partial charge in [-0.05, 0) is 12.1 Å². The van der Waals surface area contributed by atoms with Gasteiger partial charge in [-0.25, -0.2) is 9.18 Å². The van der Waals surface area contributed by atoms with Gasteiger partial charge in [-0.2, -0.15) is 4.98 Å². The highest BCUT2D eigenvalue weighted by Gasteiger charge is 2.54. The molecule has 4 atom stereocenters. The van der Waals surface area contributed by atoms with E-state index in [-0.39, 0.29) is 5.82 Å². The summed E-state index contributed by atoms with van der Waals surface area (Å²) in [5.41, 5.74) is 2.52. The fraction of sp³-hybridized carbons (Fsp3) is 0.455. The zero-order valence-corrected chi connectivity index (χ0v) is 13.1. The molecule has 0 amide bonds. The van der Waals surface area contributed by atoms with Gasteiger partial charge < -0.3 is 25.4 Å². The maximum Gasteiger partial charge on any atom is 0.351 e. The van der Waals surface area contributed by atoms with Gasteiger partial charge in [0.1, 0.15) is 17.5 Å². The van der Waals surface area contributed by atoms with E-state index >= 15 is 0 Å². The molecule has 1 aliphatic rings. The molecule has 5 N–H and O–H groups in total. The lowest BCUT2D eigenvalue weighted by atomic mass is 9.98. The molecule has 0 spiro atoms. The molecular weight excluding hydrogens is 356 g/mol. The van der Waals surface area contributed by atoms with Crippen LogP contribution < -0.4 is 11.4 Å². The second kappa shape index (κ2) is 6.31. The molecule has 0 unspecified atom stereocenters. The monoisotopic (exact) mass is 369 g/mol. The second-order valence-electron chi connectivity index (χ2n) is 4.93. The van der Waals surface area contributed by atoms with Gasteiger partial charge in [0, 0.05) is 12.0 Å². The molecule has 0 bridgehead atoms. The van der Waals surface area contributed by atoms with Crippen LogP contribution in [0.5, 0.6) is 0 Å². The molecule has 0 aromatic carbocycles. The number of halogens is 2. The molecule has 1 aromatic heterocycles. The molecule has 2 heterocycles. The van der Waals surface area contributed by atoms with Crippen molar-refractivity contribution in [2.24, 2.45) is 0 Å². The van der Waals surface area contributed by atoms with Gasteiger partial charge in [0.2, 0.25) is 0 Å². The van der Waals surface area contributed by atoms with Gasteiger partial charge in [0.25, 0.3) is 0 Å². The van der Waals surface area contributed by atoms with Crippen LogP contribution in [-0.2, 0) is 9.30 Å². The standard InChI is InChI=1S/C11H14ClFN3O6P/c12-5-11(2-4-23(19,20)21)8(17)7(13)9(22-11)16-3-1-6(14)15-10(16)18/h1-4,7-9,17H,5H2,(H2,14,15,18)(H2,19,20,21)/b4-2+/t7-,8+,9-,11+/m1/s1. The Kier molecular flexibility index (Phi) is 4.95. The van der Waals surface area contributed by atoms with E-state index in [1.54, 1.807) is 0 Å². The second-order valence-corrected chi connectivity index (χ2v) is 6.68. The largest absolute Gasteiger partial charge is 0.386 e. The summed E-state index contributed by atoms with van der Waals surface area (Å²) in [6.45, 7) is 0. The van der Waals surface area contributed by atoms with Crippen LogP contribution >= 0.6 is 19.2 Å². The Balaban J connectivity index is 2.41. The van der Waals surface area contributed by atoms with Crippen LogP contribution in [0.1, 0.15) is 6.23 Å². The summed E-state index contributed by atoms with van der Waals surface area (Å²) in [6.07, 6.45) is -3.58. The van der Waals surface area contributed by atoms with Crippen molar-refractivity contribution in [1.82, 2.24) is 9.55 Å². The Hall–Kier alpha value is -1.29. The normalized spacial score (nSPS) is 31.8. The van der Waals surface area contributed by atoms with E-state index in [9.17, 15) is 18.9 Å². The Morgan fingerprint density at radius 3 is 2.78 bits per heavy atom. The van der Waals surface area contributed by atoms with E-state index in [1.807, 2.05) is 0 Å². The molecule has 1 fully saturated rings. The third-order valence-corrected chi connectivity index (χ3v) is 4.26. The van der Waals surface area contributed by atoms with Crippen molar-refractivity contribution in [3.63, 3.8) is 0 Å². The minimum Gasteiger partial charge on any atom is -0.386 e. The van der Waals surface area contributed by atoms with Crippen molar-refractivity contribution < 1.29 is 28.6 Å². The number of nitrogens with two attached hydrogens (primary N) is 1. The average Bonchev–Trinajstić information content (AvgIpc) is 2.70. The van der Waals surface area contributed by atoms with Gasteiger partial charge in [0.05, 0.1) is 5.88 Å². The molecule has 1 saturated heterocycles. The van der Waals surface area contributed by atoms with Crippen LogP contribution in [0.15, 0.2) is 29.0 Å². The first-order chi connectivity index (χ1) is 10.6. The molecule has 23 heavy (non-hydrogen) atoms. The van der Waals surface area contributed by atoms with Crippen LogP contribution in [-0.4, -0.2) is 48.2 Å². The number of ether oxygens (including phenoxy) is 1. The fourth-order valence-electron chi connectivity index (χ4n) is 2.13. The van der Waals surface area contributed by atoms with E-state index in [1.165, 1.54) is 6.07 Å². The summed E-state index contributed by atoms with van der Waals surface area (Å²) >= 11 is 5.69. The van der Waals surface area contributed by atoms with Crippen molar-refractivity contribution >= 4 is 25.0 Å². The van der Waals surface area contributed by atoms with Crippen molar-refractivity contribution in [3.05, 3.63) is 34.6 Å². The third kappa shape index (κ3) is 3.63. The van der Waals surface area contributed by atoms with Gasteiger partial charge in [0.15, 0.2) is 12.4 Å². The van der Waals surface area contributed by atoms with E-state index in [0.717, 1.165) is 16.8 Å². The first kappa shape index (κ1) is 18.1. The summed E-state index contributed by atoms with van der Waals surface area (Å²) in [7, 11) is -4.58. The molecule has 1 aliphatic heterocycles. The molecule has 1 aromatic rings. The number of nitrogen functional groups attached to an aromatic ring is 1. The van der Waals surface area contributed by atoms with Crippen LogP contribution in [0, 0.1) is 0 Å². The predicted molar refractivity (Wildman–Crippen MR) is 78.6 cm³/mol. The minimum atomic E-state index is -4.58. The summed E-state index contributed by atoms with van der Waals surface area (Å²) in [4.78, 5) is 32.9. The molecular formula is C11H14ClFN3O6P. The number of alkyl halides is 2. The number of anilines is 1. The maximum absolute atomic E-state index is 14.4. The first-order valence-corrected chi connectivity index (χ1v) is 8.47. The Bertz CT molecular complexity index is 724. The highest BCUT2D eigenvalue weighted by molar-refractivity contribution is 7.55. The first-order valence-electron chi connectivity index (χ1n) is 6.26. The molecule has 128 valence electrons. The molecule has 0 aliphatic carbocycles. The zero-order chi connectivity index (χ0) is 17.4. The van der Waals surface area contributed by atoms with Crippen LogP contribution in [0.25, 0.3) is 0 Å². The fourth-order valence-corrected chi connectivity index (χ4v) is 2.89. The van der Waals surface area contributed by atoms with Crippen LogP contribution in [0.4, 0.5) is 10.2 Å². The lowest BCUT2D eigenvalue weighted by molar-refractivity contribution is -0.0608. The van der Waals surface area contributed by atoms with Crippen LogP contribution in [0.3, 0.4) is 0 Å². The number of aromatic nitrogens is 2. The quantitative estimate of drug-likeness (QED) is 0.418. The number of rotatable bonds is 4. The minimum absolute atomic E-state index is 0.0785. The third-order valence-electron chi connectivity index (χ3n) is 3.30. The SMILES string of the molecule is Nc1ccn([C@@H]2O[C@@](/C=C/P(=O)(O)O)(CCl)[C@@H](O)[C@H]2F)c(=O)n1. The smallest absolute Gasteiger partial charge is 0.351 e. The van der Waals surface area contributed by atoms with Gasteiger partial charge >= 0.3 is 13.3 Å². The van der Waals surface area contributed by atoms with Crippen molar-refractivity contribution in [1.29, 1.82) is 0 Å². The van der Waals surface area contributed by atoms with E-state index in [0.29, 0.717) is 5.82 Å². The summed E-state index contributed by atoms with van der Waals surface area (Å²) in [5.74, 6) is -0.124. The Morgan fingerprint density at radius 1 is 1.61 bits per heavy atom. The van der Waals surface area contributed by atoms with Crippen molar-refractivity contribution in [2.45, 2.75) is 24.1 Å². The molecule has 9 nitrogen and oxygen atoms in total. The zero-order valence-electron chi connectivity index (χ0n) is 11.5. The molecule has 0 saturated carbocycles. The number of aliphatic hydroxyl groups is 1. The number of hydrogen-bond acceptors (Lipinski definition) is 6. The Labute approximate surface area is 134 Å². The maximum atomic E-state index is 14.4. The van der Waals surface area contributed by atoms with E-state index in [2.05, 4.69) is 4.98 Å². The van der Waals surface area contributed by atoms with E-state index in [4.69, 9.17) is 31.9 Å². The van der Waals surface area contributed by atoms with Gasteiger partial charge in [-0.1, -0.05) is 0 Å². The number of nitrogens with zero attached hydrogens (tertiary/aromatic N) is 2.